The molecule has 3 heterocycles. The number of hydrogen-bond donors (Lipinski definition) is 1. The number of nitrogens with one attached hydrogen (secondary N) is 1. The average molecular weight is 368 g/mol. The van der Waals surface area contributed by atoms with Gasteiger partial charge in [-0.3, -0.25) is 14.8 Å². The van der Waals surface area contributed by atoms with Crippen LogP contribution in [0.4, 0.5) is 0 Å². The van der Waals surface area contributed by atoms with Crippen molar-refractivity contribution in [1.29, 1.82) is 0 Å². The van der Waals surface area contributed by atoms with Gasteiger partial charge in [0.25, 0.3) is 0 Å². The molecule has 1 aromatic carbocycles. The van der Waals surface area contributed by atoms with Gasteiger partial charge in [-0.25, -0.2) is 4.98 Å². The summed E-state index contributed by atoms with van der Waals surface area (Å²) in [5.74, 6) is 1.19. The number of benzene rings is 1. The van der Waals surface area contributed by atoms with E-state index in [1.807, 2.05) is 6.07 Å². The van der Waals surface area contributed by atoms with Crippen LogP contribution in [0.15, 0.2) is 36.7 Å². The maximum atomic E-state index is 13.7. The molecule has 0 aliphatic carbocycles. The van der Waals surface area contributed by atoms with Crippen LogP contribution in [-0.2, 0) is 16.8 Å². The third-order valence-electron chi connectivity index (χ3n) is 6.07. The summed E-state index contributed by atoms with van der Waals surface area (Å²) >= 11 is 0. The number of piperazine rings is 1. The second kappa shape index (κ2) is 7.78. The van der Waals surface area contributed by atoms with E-state index in [0.717, 1.165) is 64.5 Å². The van der Waals surface area contributed by atoms with E-state index in [1.165, 1.54) is 5.56 Å². The Hall–Kier alpha value is -2.25. The van der Waals surface area contributed by atoms with Crippen LogP contribution in [0, 0.1) is 0 Å². The minimum Gasteiger partial charge on any atom is -0.339 e. The van der Waals surface area contributed by atoms with E-state index in [4.69, 9.17) is 0 Å². The molecule has 2 aliphatic rings. The van der Waals surface area contributed by atoms with E-state index in [2.05, 4.69) is 61.2 Å². The third kappa shape index (κ3) is 3.75. The predicted molar refractivity (Wildman–Crippen MR) is 103 cm³/mol. The number of likely N-dealkylation sites (tertiary alicyclic amines) is 1. The van der Waals surface area contributed by atoms with Gasteiger partial charge in [-0.1, -0.05) is 30.3 Å². The van der Waals surface area contributed by atoms with Gasteiger partial charge in [0, 0.05) is 26.2 Å². The number of rotatable bonds is 4. The summed E-state index contributed by atoms with van der Waals surface area (Å²) < 4.78 is 0. The largest absolute Gasteiger partial charge is 0.339 e. The standard InChI is InChI=1S/C20H28N6O/c1-24-9-7-20(8-10-24,17-5-3-2-4-6-17)19(27)26-13-11-25(12-14-26)15-18-21-16-22-23-18/h2-6,16H,7-15H2,1H3,(H,21,22,23). The summed E-state index contributed by atoms with van der Waals surface area (Å²) in [4.78, 5) is 24.6. The van der Waals surface area contributed by atoms with Crippen molar-refractivity contribution in [2.75, 3.05) is 46.3 Å². The predicted octanol–water partition coefficient (Wildman–Crippen LogP) is 1.11. The lowest BCUT2D eigenvalue weighted by atomic mass is 9.71. The second-order valence-corrected chi connectivity index (χ2v) is 7.75. The number of piperidine rings is 1. The molecule has 2 fully saturated rings. The van der Waals surface area contributed by atoms with Gasteiger partial charge in [0.05, 0.1) is 12.0 Å². The van der Waals surface area contributed by atoms with Crippen molar-refractivity contribution < 1.29 is 4.79 Å². The van der Waals surface area contributed by atoms with Gasteiger partial charge in [-0.2, -0.15) is 5.10 Å². The maximum absolute atomic E-state index is 13.7. The number of aromatic amines is 1. The number of carbonyl (C=O) groups is 1. The molecule has 1 aromatic heterocycles. The van der Waals surface area contributed by atoms with Crippen molar-refractivity contribution in [3.63, 3.8) is 0 Å². The van der Waals surface area contributed by atoms with E-state index < -0.39 is 0 Å². The summed E-state index contributed by atoms with van der Waals surface area (Å²) in [6.45, 7) is 5.98. The Morgan fingerprint density at radius 3 is 2.41 bits per heavy atom. The third-order valence-corrected chi connectivity index (χ3v) is 6.07. The number of nitrogens with zero attached hydrogens (tertiary/aromatic N) is 5. The zero-order valence-corrected chi connectivity index (χ0v) is 16.0. The number of amides is 1. The molecule has 2 aliphatic heterocycles. The SMILES string of the molecule is CN1CCC(C(=O)N2CCN(Cc3ncn[nH]3)CC2)(c2ccccc2)CC1. The van der Waals surface area contributed by atoms with Crippen LogP contribution >= 0.6 is 0 Å². The van der Waals surface area contributed by atoms with Crippen LogP contribution in [0.5, 0.6) is 0 Å². The highest BCUT2D eigenvalue weighted by atomic mass is 16.2. The van der Waals surface area contributed by atoms with Crippen LogP contribution in [0.2, 0.25) is 0 Å². The Labute approximate surface area is 160 Å². The monoisotopic (exact) mass is 368 g/mol. The molecular formula is C20H28N6O. The van der Waals surface area contributed by atoms with Crippen LogP contribution in [0.3, 0.4) is 0 Å². The van der Waals surface area contributed by atoms with Crippen LogP contribution in [-0.4, -0.2) is 82.1 Å². The van der Waals surface area contributed by atoms with Gasteiger partial charge in [-0.05, 0) is 38.5 Å². The highest BCUT2D eigenvalue weighted by molar-refractivity contribution is 5.88. The first-order chi connectivity index (χ1) is 13.2. The minimum absolute atomic E-state index is 0.307. The van der Waals surface area contributed by atoms with Gasteiger partial charge in [0.2, 0.25) is 5.91 Å². The van der Waals surface area contributed by atoms with Crippen molar-refractivity contribution in [2.45, 2.75) is 24.8 Å². The number of carbonyl (C=O) groups excluding carboxylic acids is 1. The molecule has 2 aromatic rings. The van der Waals surface area contributed by atoms with Crippen molar-refractivity contribution in [3.05, 3.63) is 48.0 Å². The molecule has 27 heavy (non-hydrogen) atoms. The maximum Gasteiger partial charge on any atom is 0.233 e. The smallest absolute Gasteiger partial charge is 0.233 e. The van der Waals surface area contributed by atoms with Crippen LogP contribution < -0.4 is 0 Å². The molecule has 0 atom stereocenters. The van der Waals surface area contributed by atoms with Gasteiger partial charge in [0.15, 0.2) is 0 Å². The summed E-state index contributed by atoms with van der Waals surface area (Å²) in [7, 11) is 2.14. The quantitative estimate of drug-likeness (QED) is 0.876. The Kier molecular flexibility index (Phi) is 5.22. The number of hydrogen-bond acceptors (Lipinski definition) is 5. The van der Waals surface area contributed by atoms with Crippen LogP contribution in [0.25, 0.3) is 0 Å². The van der Waals surface area contributed by atoms with E-state index in [1.54, 1.807) is 6.33 Å². The lowest BCUT2D eigenvalue weighted by Crippen LogP contribution is -2.57. The van der Waals surface area contributed by atoms with Gasteiger partial charge in [-0.15, -0.1) is 0 Å². The first kappa shape index (κ1) is 18.1. The highest BCUT2D eigenvalue weighted by Gasteiger charge is 2.44. The molecule has 0 spiro atoms. The van der Waals surface area contributed by atoms with Crippen LogP contribution in [0.1, 0.15) is 24.2 Å². The lowest BCUT2D eigenvalue weighted by molar-refractivity contribution is -0.141. The second-order valence-electron chi connectivity index (χ2n) is 7.75. The van der Waals surface area contributed by atoms with Gasteiger partial charge >= 0.3 is 0 Å². The van der Waals surface area contributed by atoms with Crippen molar-refractivity contribution >= 4 is 5.91 Å². The zero-order chi connectivity index (χ0) is 18.7. The van der Waals surface area contributed by atoms with Crippen molar-refractivity contribution in [3.8, 4) is 0 Å². The van der Waals surface area contributed by atoms with E-state index >= 15 is 0 Å². The van der Waals surface area contributed by atoms with Crippen molar-refractivity contribution in [1.82, 2.24) is 29.9 Å². The topological polar surface area (TPSA) is 68.4 Å². The fraction of sp³-hybridized carbons (Fsp3) is 0.550. The lowest BCUT2D eigenvalue weighted by Gasteiger charge is -2.44. The highest BCUT2D eigenvalue weighted by Crippen LogP contribution is 2.37. The molecule has 1 N–H and O–H groups in total. The Balaban J connectivity index is 1.46. The Morgan fingerprint density at radius 2 is 1.78 bits per heavy atom. The molecule has 7 heteroatoms. The molecule has 4 rings (SSSR count). The first-order valence-electron chi connectivity index (χ1n) is 9.77. The molecule has 144 valence electrons. The van der Waals surface area contributed by atoms with Gasteiger partial charge in [0.1, 0.15) is 12.2 Å². The molecule has 0 radical (unpaired) electrons. The summed E-state index contributed by atoms with van der Waals surface area (Å²) in [6, 6.07) is 10.4. The fourth-order valence-electron chi connectivity index (χ4n) is 4.31. The molecule has 0 saturated carbocycles. The summed E-state index contributed by atoms with van der Waals surface area (Å²) in [5, 5.41) is 6.82. The van der Waals surface area contributed by atoms with E-state index in [0.29, 0.717) is 5.91 Å². The Bertz CT molecular complexity index is 731. The Morgan fingerprint density at radius 1 is 1.07 bits per heavy atom. The molecule has 7 nitrogen and oxygen atoms in total. The molecule has 1 amide bonds. The summed E-state index contributed by atoms with van der Waals surface area (Å²) in [5.41, 5.74) is 0.799. The first-order valence-corrected chi connectivity index (χ1v) is 9.77. The molecule has 2 saturated heterocycles. The normalized spacial score (nSPS) is 21.3. The molecular weight excluding hydrogens is 340 g/mol. The average Bonchev–Trinajstić information content (AvgIpc) is 3.23. The van der Waals surface area contributed by atoms with E-state index in [-0.39, 0.29) is 5.41 Å². The fourth-order valence-corrected chi connectivity index (χ4v) is 4.31. The minimum atomic E-state index is -0.374. The summed E-state index contributed by atoms with van der Waals surface area (Å²) in [6.07, 6.45) is 3.33. The van der Waals surface area contributed by atoms with Gasteiger partial charge < -0.3 is 9.80 Å². The van der Waals surface area contributed by atoms with E-state index in [9.17, 15) is 4.79 Å². The number of H-pyrrole nitrogens is 1. The molecule has 0 bridgehead atoms. The molecule has 0 unspecified atom stereocenters. The zero-order valence-electron chi connectivity index (χ0n) is 16.0. The number of aromatic nitrogens is 3. The van der Waals surface area contributed by atoms with Crippen molar-refractivity contribution in [2.24, 2.45) is 0 Å².